The molecule has 1 aliphatic rings. The van der Waals surface area contributed by atoms with Gasteiger partial charge in [-0.25, -0.2) is 0 Å². The predicted octanol–water partition coefficient (Wildman–Crippen LogP) is 5.34. The maximum atomic E-state index is 12.5. The first-order chi connectivity index (χ1) is 11.8. The van der Waals surface area contributed by atoms with E-state index in [2.05, 4.69) is 11.1 Å². The molecule has 0 aliphatic carbocycles. The Hall–Kier alpha value is -1.57. The molecule has 4 unspecified atom stereocenters. The van der Waals surface area contributed by atoms with Crippen molar-refractivity contribution in [2.75, 3.05) is 0 Å². The molecule has 0 aromatic heterocycles. The number of nitrogens with zero attached hydrogens (tertiary/aromatic N) is 2. The predicted molar refractivity (Wildman–Crippen MR) is 100 cm³/mol. The molecule has 1 N–H and O–H groups in total. The van der Waals surface area contributed by atoms with Gasteiger partial charge in [0.2, 0.25) is 0 Å². The summed E-state index contributed by atoms with van der Waals surface area (Å²) in [6, 6.07) is 6.91. The van der Waals surface area contributed by atoms with E-state index in [1.165, 1.54) is 0 Å². The molecule has 1 aliphatic heterocycles. The van der Waals surface area contributed by atoms with Gasteiger partial charge in [0, 0.05) is 21.7 Å². The number of aliphatic carboxylic acids is 1. The van der Waals surface area contributed by atoms with E-state index in [1.807, 2.05) is 13.8 Å². The zero-order chi connectivity index (χ0) is 18.8. The van der Waals surface area contributed by atoms with E-state index < -0.39 is 23.2 Å². The van der Waals surface area contributed by atoms with Gasteiger partial charge in [0.05, 0.1) is 23.4 Å². The minimum Gasteiger partial charge on any atom is -0.481 e. The second-order valence-electron chi connectivity index (χ2n) is 6.52. The van der Waals surface area contributed by atoms with Crippen molar-refractivity contribution in [1.29, 1.82) is 5.26 Å². The lowest BCUT2D eigenvalue weighted by Crippen LogP contribution is -2.52. The monoisotopic (exact) mass is 380 g/mol. The van der Waals surface area contributed by atoms with Crippen LogP contribution in [0.2, 0.25) is 10.0 Å². The highest BCUT2D eigenvalue weighted by atomic mass is 35.5. The fraction of sp³-hybridized carbons (Fsp3) is 0.526. The maximum absolute atomic E-state index is 12.5. The third kappa shape index (κ3) is 3.28. The van der Waals surface area contributed by atoms with Gasteiger partial charge in [-0.05, 0) is 37.5 Å². The van der Waals surface area contributed by atoms with Crippen molar-refractivity contribution in [3.63, 3.8) is 0 Å². The average Bonchev–Trinajstić information content (AvgIpc) is 2.55. The summed E-state index contributed by atoms with van der Waals surface area (Å²) in [4.78, 5) is 17.1. The van der Waals surface area contributed by atoms with Crippen molar-refractivity contribution in [3.05, 3.63) is 33.8 Å². The molecule has 1 heterocycles. The molecule has 1 aromatic carbocycles. The number of hydrogen-bond donors (Lipinski definition) is 1. The molecule has 6 heteroatoms. The van der Waals surface area contributed by atoms with Gasteiger partial charge in [0.15, 0.2) is 0 Å². The van der Waals surface area contributed by atoms with Crippen molar-refractivity contribution in [2.45, 2.75) is 52.0 Å². The first-order valence-electron chi connectivity index (χ1n) is 8.45. The number of carbonyl (C=O) groups is 1. The van der Waals surface area contributed by atoms with E-state index >= 15 is 0 Å². The van der Waals surface area contributed by atoms with Crippen LogP contribution in [0.3, 0.4) is 0 Å². The first kappa shape index (κ1) is 19.8. The van der Waals surface area contributed by atoms with E-state index in [1.54, 1.807) is 25.1 Å². The van der Waals surface area contributed by atoms with E-state index in [9.17, 15) is 15.2 Å². The van der Waals surface area contributed by atoms with Crippen molar-refractivity contribution in [2.24, 2.45) is 16.3 Å². The van der Waals surface area contributed by atoms with Crippen molar-refractivity contribution >= 4 is 34.9 Å². The highest BCUT2D eigenvalue weighted by molar-refractivity contribution is 6.35. The lowest BCUT2D eigenvalue weighted by molar-refractivity contribution is -0.153. The zero-order valence-corrected chi connectivity index (χ0v) is 16.1. The van der Waals surface area contributed by atoms with Gasteiger partial charge in [0.1, 0.15) is 0 Å². The standard InChI is InChI=1S/C19H22Cl2N2O2/c1-4-6-16-19(5-2,18(24)25)17(14(10-22)11(3)23-16)13-8-7-12(20)9-15(13)21/h7-9,14,16-17H,4-6H2,1-3H3,(H,24,25). The van der Waals surface area contributed by atoms with Crippen molar-refractivity contribution in [1.82, 2.24) is 0 Å². The summed E-state index contributed by atoms with van der Waals surface area (Å²) >= 11 is 12.4. The lowest BCUT2D eigenvalue weighted by Gasteiger charge is -2.46. The fourth-order valence-corrected chi connectivity index (χ4v) is 4.57. The van der Waals surface area contributed by atoms with Crippen LogP contribution < -0.4 is 0 Å². The van der Waals surface area contributed by atoms with Gasteiger partial charge in [-0.15, -0.1) is 0 Å². The van der Waals surface area contributed by atoms with Gasteiger partial charge < -0.3 is 5.11 Å². The number of nitriles is 1. The first-order valence-corrected chi connectivity index (χ1v) is 9.21. The minimum absolute atomic E-state index is 0.367. The van der Waals surface area contributed by atoms with Crippen molar-refractivity contribution in [3.8, 4) is 6.07 Å². The smallest absolute Gasteiger partial charge is 0.312 e. The summed E-state index contributed by atoms with van der Waals surface area (Å²) < 4.78 is 0. The van der Waals surface area contributed by atoms with Gasteiger partial charge in [-0.1, -0.05) is 49.5 Å². The van der Waals surface area contributed by atoms with Gasteiger partial charge >= 0.3 is 5.97 Å². The SMILES string of the molecule is CCCC1N=C(C)C(C#N)C(c2ccc(Cl)cc2Cl)C1(CC)C(=O)O. The summed E-state index contributed by atoms with van der Waals surface area (Å²) in [6.45, 7) is 5.65. The van der Waals surface area contributed by atoms with Crippen LogP contribution in [0.5, 0.6) is 0 Å². The molecule has 2 rings (SSSR count). The molecule has 0 amide bonds. The summed E-state index contributed by atoms with van der Waals surface area (Å²) in [6.07, 6.45) is 1.83. The highest BCUT2D eigenvalue weighted by Crippen LogP contribution is 2.53. The molecule has 0 spiro atoms. The normalized spacial score (nSPS) is 29.0. The van der Waals surface area contributed by atoms with E-state index in [0.717, 1.165) is 6.42 Å². The summed E-state index contributed by atoms with van der Waals surface area (Å²) in [7, 11) is 0. The largest absolute Gasteiger partial charge is 0.481 e. The van der Waals surface area contributed by atoms with E-state index in [0.29, 0.717) is 34.2 Å². The number of benzene rings is 1. The molecule has 1 aromatic rings. The quantitative estimate of drug-likeness (QED) is 0.748. The highest BCUT2D eigenvalue weighted by Gasteiger charge is 2.57. The Labute approximate surface area is 158 Å². The molecule has 0 saturated carbocycles. The van der Waals surface area contributed by atoms with Crippen LogP contribution in [0.25, 0.3) is 0 Å². The second kappa shape index (κ2) is 7.76. The number of aliphatic imine (C=N–C) groups is 1. The van der Waals surface area contributed by atoms with Crippen LogP contribution in [0.15, 0.2) is 23.2 Å². The number of carboxylic acid groups (broad SMARTS) is 1. The Balaban J connectivity index is 2.79. The van der Waals surface area contributed by atoms with Gasteiger partial charge in [-0.2, -0.15) is 5.26 Å². The molecule has 134 valence electrons. The fourth-order valence-electron chi connectivity index (χ4n) is 4.04. The van der Waals surface area contributed by atoms with Crippen molar-refractivity contribution < 1.29 is 9.90 Å². The molecule has 4 nitrogen and oxygen atoms in total. The number of halogens is 2. The Morgan fingerprint density at radius 1 is 1.40 bits per heavy atom. The average molecular weight is 381 g/mol. The second-order valence-corrected chi connectivity index (χ2v) is 7.37. The van der Waals surface area contributed by atoms with Crippen LogP contribution in [-0.4, -0.2) is 22.8 Å². The van der Waals surface area contributed by atoms with Gasteiger partial charge in [0.25, 0.3) is 0 Å². The van der Waals surface area contributed by atoms with Crippen LogP contribution in [0, 0.1) is 22.7 Å². The van der Waals surface area contributed by atoms with Crippen LogP contribution in [-0.2, 0) is 4.79 Å². The molecular formula is C19H22Cl2N2O2. The Morgan fingerprint density at radius 3 is 2.56 bits per heavy atom. The van der Waals surface area contributed by atoms with Gasteiger partial charge in [-0.3, -0.25) is 9.79 Å². The third-order valence-corrected chi connectivity index (χ3v) is 5.84. The number of carboxylic acids is 1. The number of hydrogen-bond acceptors (Lipinski definition) is 3. The van der Waals surface area contributed by atoms with Crippen LogP contribution in [0.1, 0.15) is 51.5 Å². The molecule has 4 atom stereocenters. The third-order valence-electron chi connectivity index (χ3n) is 5.27. The summed E-state index contributed by atoms with van der Waals surface area (Å²) in [5.74, 6) is -2.14. The van der Waals surface area contributed by atoms with E-state index in [-0.39, 0.29) is 6.04 Å². The molecular weight excluding hydrogens is 359 g/mol. The van der Waals surface area contributed by atoms with E-state index in [4.69, 9.17) is 23.2 Å². The Morgan fingerprint density at radius 2 is 2.08 bits per heavy atom. The molecule has 0 bridgehead atoms. The maximum Gasteiger partial charge on any atom is 0.312 e. The summed E-state index contributed by atoms with van der Waals surface area (Å²) in [5, 5.41) is 20.9. The Bertz CT molecular complexity index is 741. The molecule has 0 saturated heterocycles. The topological polar surface area (TPSA) is 73.5 Å². The molecule has 25 heavy (non-hydrogen) atoms. The Kier molecular flexibility index (Phi) is 6.13. The molecule has 0 radical (unpaired) electrons. The van der Waals surface area contributed by atoms with Crippen LogP contribution >= 0.6 is 23.2 Å². The molecule has 0 fully saturated rings. The van der Waals surface area contributed by atoms with Crippen LogP contribution in [0.4, 0.5) is 0 Å². The minimum atomic E-state index is -1.17. The lowest BCUT2D eigenvalue weighted by atomic mass is 9.58. The number of rotatable bonds is 5. The summed E-state index contributed by atoms with van der Waals surface area (Å²) in [5.41, 5.74) is 0.146. The zero-order valence-electron chi connectivity index (χ0n) is 14.6.